The van der Waals surface area contributed by atoms with Crippen molar-refractivity contribution < 1.29 is 23.9 Å². The summed E-state index contributed by atoms with van der Waals surface area (Å²) in [6.07, 6.45) is 3.11. The van der Waals surface area contributed by atoms with Crippen LogP contribution in [0.3, 0.4) is 0 Å². The summed E-state index contributed by atoms with van der Waals surface area (Å²) >= 11 is 11.9. The van der Waals surface area contributed by atoms with Gasteiger partial charge in [-0.1, -0.05) is 65.7 Å². The standard InChI is InChI=1S/C24H20Cl2N2O5/c25-15-6-7-17(16(26)10-15)32-12-19(29)27-13-24-9-8-18(33-24)20-21(24)23(31)28(22(20)30)11-14-4-2-1-3-5-14/h1-10,18,20-21H,11-13H2,(H,27,29)/t18-,20+,21-,24+/m1/s1. The maximum absolute atomic E-state index is 13.2. The van der Waals surface area contributed by atoms with E-state index >= 15 is 0 Å². The molecule has 3 aliphatic heterocycles. The van der Waals surface area contributed by atoms with Crippen molar-refractivity contribution in [1.82, 2.24) is 10.2 Å². The van der Waals surface area contributed by atoms with Crippen LogP contribution < -0.4 is 10.1 Å². The maximum atomic E-state index is 13.2. The van der Waals surface area contributed by atoms with Crippen molar-refractivity contribution in [2.75, 3.05) is 13.2 Å². The molecule has 1 N–H and O–H groups in total. The fourth-order valence-electron chi connectivity index (χ4n) is 4.71. The van der Waals surface area contributed by atoms with Gasteiger partial charge in [-0.15, -0.1) is 0 Å². The quantitative estimate of drug-likeness (QED) is 0.480. The number of carbonyl (C=O) groups excluding carboxylic acids is 3. The summed E-state index contributed by atoms with van der Waals surface area (Å²) in [5, 5.41) is 3.52. The molecule has 3 heterocycles. The molecular formula is C24H20Cl2N2O5. The number of rotatable bonds is 7. The van der Waals surface area contributed by atoms with Crippen LogP contribution >= 0.6 is 23.2 Å². The Labute approximate surface area is 200 Å². The highest BCUT2D eigenvalue weighted by Gasteiger charge is 2.67. The lowest BCUT2D eigenvalue weighted by Gasteiger charge is -2.29. The van der Waals surface area contributed by atoms with Crippen LogP contribution in [0.25, 0.3) is 0 Å². The number of nitrogens with zero attached hydrogens (tertiary/aromatic N) is 1. The van der Waals surface area contributed by atoms with Crippen LogP contribution in [0.4, 0.5) is 0 Å². The van der Waals surface area contributed by atoms with E-state index in [2.05, 4.69) is 5.32 Å². The van der Waals surface area contributed by atoms with Crippen molar-refractivity contribution in [1.29, 1.82) is 0 Å². The van der Waals surface area contributed by atoms with E-state index in [1.165, 1.54) is 11.0 Å². The summed E-state index contributed by atoms with van der Waals surface area (Å²) < 4.78 is 11.5. The number of ether oxygens (including phenoxy) is 2. The second-order valence-electron chi connectivity index (χ2n) is 8.29. The zero-order valence-corrected chi connectivity index (χ0v) is 18.9. The van der Waals surface area contributed by atoms with Crippen molar-refractivity contribution in [3.63, 3.8) is 0 Å². The summed E-state index contributed by atoms with van der Waals surface area (Å²) in [4.78, 5) is 40.0. The molecule has 2 aromatic rings. The average Bonchev–Trinajstić information content (AvgIpc) is 3.44. The summed E-state index contributed by atoms with van der Waals surface area (Å²) in [5.41, 5.74) is -0.179. The van der Waals surface area contributed by atoms with Gasteiger partial charge in [0, 0.05) is 5.02 Å². The first-order chi connectivity index (χ1) is 15.9. The van der Waals surface area contributed by atoms with Gasteiger partial charge in [0.05, 0.1) is 36.1 Å². The van der Waals surface area contributed by atoms with Gasteiger partial charge >= 0.3 is 0 Å². The lowest BCUT2D eigenvalue weighted by molar-refractivity contribution is -0.145. The molecule has 33 heavy (non-hydrogen) atoms. The van der Waals surface area contributed by atoms with Crippen LogP contribution in [0.1, 0.15) is 5.56 Å². The van der Waals surface area contributed by atoms with E-state index in [9.17, 15) is 14.4 Å². The van der Waals surface area contributed by atoms with E-state index in [1.54, 1.807) is 24.3 Å². The topological polar surface area (TPSA) is 84.9 Å². The summed E-state index contributed by atoms with van der Waals surface area (Å²) in [6, 6.07) is 14.1. The molecule has 0 aromatic heterocycles. The van der Waals surface area contributed by atoms with Crippen LogP contribution in [0, 0.1) is 11.8 Å². The number of halogens is 2. The second-order valence-corrected chi connectivity index (χ2v) is 9.13. The molecule has 3 aliphatic rings. The van der Waals surface area contributed by atoms with Gasteiger partial charge in [0.1, 0.15) is 11.4 Å². The van der Waals surface area contributed by atoms with Gasteiger partial charge in [0.25, 0.3) is 5.91 Å². The fourth-order valence-corrected chi connectivity index (χ4v) is 5.17. The van der Waals surface area contributed by atoms with Crippen molar-refractivity contribution in [2.45, 2.75) is 18.2 Å². The largest absolute Gasteiger partial charge is 0.482 e. The molecular weight excluding hydrogens is 467 g/mol. The van der Waals surface area contributed by atoms with Crippen LogP contribution in [0.5, 0.6) is 5.75 Å². The van der Waals surface area contributed by atoms with E-state index in [0.717, 1.165) is 5.56 Å². The van der Waals surface area contributed by atoms with Crippen LogP contribution in [-0.4, -0.2) is 47.5 Å². The van der Waals surface area contributed by atoms with Crippen molar-refractivity contribution in [2.24, 2.45) is 11.8 Å². The molecule has 0 radical (unpaired) electrons. The molecule has 0 aliphatic carbocycles. The third-order valence-corrected chi connectivity index (χ3v) is 6.77. The molecule has 2 aromatic carbocycles. The first-order valence-electron chi connectivity index (χ1n) is 10.5. The lowest BCUT2D eigenvalue weighted by Crippen LogP contribution is -2.49. The number of hydrogen-bond donors (Lipinski definition) is 1. The Kier molecular flexibility index (Phi) is 5.64. The Hall–Kier alpha value is -2.87. The molecule has 2 saturated heterocycles. The summed E-state index contributed by atoms with van der Waals surface area (Å²) in [7, 11) is 0. The Balaban J connectivity index is 1.24. The Morgan fingerprint density at radius 2 is 1.91 bits per heavy atom. The van der Waals surface area contributed by atoms with E-state index in [0.29, 0.717) is 15.8 Å². The van der Waals surface area contributed by atoms with Gasteiger partial charge in [-0.2, -0.15) is 0 Å². The minimum Gasteiger partial charge on any atom is -0.482 e. The predicted octanol–water partition coefficient (Wildman–Crippen LogP) is 3.00. The van der Waals surface area contributed by atoms with Crippen LogP contribution in [0.15, 0.2) is 60.7 Å². The summed E-state index contributed by atoms with van der Waals surface area (Å²) in [5.74, 6) is -1.84. The third-order valence-electron chi connectivity index (χ3n) is 6.24. The highest BCUT2D eigenvalue weighted by atomic mass is 35.5. The number of nitrogens with one attached hydrogen (secondary N) is 1. The van der Waals surface area contributed by atoms with Gasteiger partial charge in [-0.05, 0) is 23.8 Å². The molecule has 0 spiro atoms. The van der Waals surface area contributed by atoms with Gasteiger partial charge in [0.2, 0.25) is 11.8 Å². The smallest absolute Gasteiger partial charge is 0.258 e. The summed E-state index contributed by atoms with van der Waals surface area (Å²) in [6.45, 7) is -0.00204. The molecule has 170 valence electrons. The van der Waals surface area contributed by atoms with E-state index in [4.69, 9.17) is 32.7 Å². The monoisotopic (exact) mass is 486 g/mol. The van der Waals surface area contributed by atoms with Crippen LogP contribution in [0.2, 0.25) is 10.0 Å². The number of benzene rings is 2. The molecule has 7 nitrogen and oxygen atoms in total. The Morgan fingerprint density at radius 3 is 2.67 bits per heavy atom. The average molecular weight is 487 g/mol. The van der Waals surface area contributed by atoms with Crippen molar-refractivity contribution in [3.05, 3.63) is 76.3 Å². The van der Waals surface area contributed by atoms with E-state index in [-0.39, 0.29) is 31.5 Å². The Bertz CT molecular complexity index is 1150. The number of likely N-dealkylation sites (tertiary alicyclic amines) is 1. The molecule has 5 rings (SSSR count). The molecule has 2 fully saturated rings. The lowest BCUT2D eigenvalue weighted by atomic mass is 9.77. The van der Waals surface area contributed by atoms with Gasteiger partial charge in [0.15, 0.2) is 6.61 Å². The number of fused-ring (bicyclic) bond motifs is 5. The molecule has 0 unspecified atom stereocenters. The van der Waals surface area contributed by atoms with Gasteiger partial charge in [-0.25, -0.2) is 0 Å². The second kappa shape index (κ2) is 8.48. The molecule has 2 bridgehead atoms. The van der Waals surface area contributed by atoms with Crippen molar-refractivity contribution in [3.8, 4) is 5.75 Å². The molecule has 3 amide bonds. The number of amides is 3. The number of imide groups is 1. The van der Waals surface area contributed by atoms with Crippen molar-refractivity contribution >= 4 is 40.9 Å². The van der Waals surface area contributed by atoms with E-state index < -0.39 is 29.4 Å². The number of hydrogen-bond acceptors (Lipinski definition) is 5. The number of carbonyl (C=O) groups is 3. The zero-order valence-electron chi connectivity index (χ0n) is 17.4. The van der Waals surface area contributed by atoms with Gasteiger partial charge in [-0.3, -0.25) is 19.3 Å². The molecule has 4 atom stereocenters. The molecule has 9 heteroatoms. The van der Waals surface area contributed by atoms with E-state index in [1.807, 2.05) is 30.3 Å². The minimum atomic E-state index is -1.05. The fraction of sp³-hybridized carbons (Fsp3) is 0.292. The minimum absolute atomic E-state index is 0.0515. The highest BCUT2D eigenvalue weighted by Crippen LogP contribution is 2.51. The molecule has 0 saturated carbocycles. The first-order valence-corrected chi connectivity index (χ1v) is 11.2. The zero-order chi connectivity index (χ0) is 23.2. The van der Waals surface area contributed by atoms with Gasteiger partial charge < -0.3 is 14.8 Å². The normalized spacial score (nSPS) is 27.2. The third kappa shape index (κ3) is 3.90. The first kappa shape index (κ1) is 21.9. The van der Waals surface area contributed by atoms with Crippen LogP contribution in [-0.2, 0) is 25.7 Å². The maximum Gasteiger partial charge on any atom is 0.258 e. The predicted molar refractivity (Wildman–Crippen MR) is 121 cm³/mol. The Morgan fingerprint density at radius 1 is 1.12 bits per heavy atom. The SMILES string of the molecule is O=C(COc1ccc(Cl)cc1Cl)NC[C@]12C=C[C@@H](O1)[C@@H]1C(=O)N(Cc3ccccc3)C(=O)[C@@H]12. The highest BCUT2D eigenvalue weighted by molar-refractivity contribution is 6.35.